The van der Waals surface area contributed by atoms with Crippen LogP contribution in [0.4, 0.5) is 30.6 Å². The monoisotopic (exact) mass is 629 g/mol. The van der Waals surface area contributed by atoms with Gasteiger partial charge in [0.05, 0.1) is 36.0 Å². The number of nitrogens with one attached hydrogen (secondary N) is 1. The van der Waals surface area contributed by atoms with E-state index >= 15 is 0 Å². The molecule has 1 aliphatic rings. The van der Waals surface area contributed by atoms with E-state index < -0.39 is 26.4 Å². The number of amides is 1. The predicted octanol–water partition coefficient (Wildman–Crippen LogP) is 6.38. The number of fused-ring (bicyclic) bond motifs is 2. The minimum atomic E-state index is -3.14. The molecule has 44 heavy (non-hydrogen) atoms. The second-order valence-corrected chi connectivity index (χ2v) is 18.1. The Morgan fingerprint density at radius 1 is 1.16 bits per heavy atom. The topological polar surface area (TPSA) is 117 Å². The molecule has 1 aromatic carbocycles. The number of alkyl halides is 2. The molecule has 0 atom stereocenters. The van der Waals surface area contributed by atoms with Gasteiger partial charge in [-0.1, -0.05) is 19.6 Å². The van der Waals surface area contributed by atoms with E-state index in [4.69, 9.17) is 18.9 Å². The molecule has 0 saturated carbocycles. The average Bonchev–Trinajstić information content (AvgIpc) is 3.53. The van der Waals surface area contributed by atoms with Crippen molar-refractivity contribution in [2.45, 2.75) is 65.4 Å². The van der Waals surface area contributed by atoms with Crippen LogP contribution in [0.25, 0.3) is 16.9 Å². The average molecular weight is 630 g/mol. The number of aromatic nitrogens is 5. The van der Waals surface area contributed by atoms with Gasteiger partial charge in [0.2, 0.25) is 0 Å². The van der Waals surface area contributed by atoms with E-state index in [0.717, 1.165) is 6.04 Å². The molecule has 1 N–H and O–H groups in total. The van der Waals surface area contributed by atoms with Crippen LogP contribution in [0.1, 0.15) is 20.8 Å². The molecule has 15 heteroatoms. The quantitative estimate of drug-likeness (QED) is 0.157. The van der Waals surface area contributed by atoms with Crippen LogP contribution in [0, 0.1) is 0 Å². The molecule has 236 valence electrons. The molecule has 0 radical (unpaired) electrons. The zero-order valence-corrected chi connectivity index (χ0v) is 26.6. The Labute approximate surface area is 254 Å². The third-order valence-corrected chi connectivity index (χ3v) is 8.31. The van der Waals surface area contributed by atoms with Crippen LogP contribution in [-0.2, 0) is 16.2 Å². The highest BCUT2D eigenvalue weighted by Gasteiger charge is 2.32. The van der Waals surface area contributed by atoms with Gasteiger partial charge in [-0.25, -0.2) is 19.0 Å². The molecule has 1 amide bonds. The summed E-state index contributed by atoms with van der Waals surface area (Å²) in [5.74, 6) is 0.123. The zero-order valence-electron chi connectivity index (χ0n) is 25.6. The van der Waals surface area contributed by atoms with Crippen LogP contribution in [0.5, 0.6) is 11.5 Å². The van der Waals surface area contributed by atoms with Crippen LogP contribution in [0.3, 0.4) is 0 Å². The molecule has 0 bridgehead atoms. The maximum Gasteiger partial charge on any atom is 0.415 e. The molecule has 3 aromatic heterocycles. The lowest BCUT2D eigenvalue weighted by Gasteiger charge is -2.32. The van der Waals surface area contributed by atoms with Crippen LogP contribution < -0.4 is 19.7 Å². The Morgan fingerprint density at radius 2 is 1.93 bits per heavy atom. The largest absolute Gasteiger partial charge is 0.490 e. The highest BCUT2D eigenvalue weighted by Crippen LogP contribution is 2.45. The lowest BCUT2D eigenvalue weighted by Crippen LogP contribution is -2.41. The number of hydrogen-bond acceptors (Lipinski definition) is 9. The van der Waals surface area contributed by atoms with Gasteiger partial charge in [-0.05, 0) is 38.9 Å². The molecule has 0 unspecified atom stereocenters. The van der Waals surface area contributed by atoms with Gasteiger partial charge in [0.1, 0.15) is 36.1 Å². The van der Waals surface area contributed by atoms with E-state index in [9.17, 15) is 13.6 Å². The second-order valence-electron chi connectivity index (χ2n) is 12.5. The minimum absolute atomic E-state index is 0.0601. The number of anilines is 3. The molecule has 4 heterocycles. The van der Waals surface area contributed by atoms with E-state index in [-0.39, 0.29) is 36.9 Å². The van der Waals surface area contributed by atoms with Crippen molar-refractivity contribution >= 4 is 36.9 Å². The molecular formula is C29H37F2N7O5Si. The first kappa shape index (κ1) is 31.2. The molecule has 0 fully saturated rings. The first-order valence-electron chi connectivity index (χ1n) is 14.2. The van der Waals surface area contributed by atoms with Gasteiger partial charge in [-0.2, -0.15) is 19.0 Å². The summed E-state index contributed by atoms with van der Waals surface area (Å²) in [4.78, 5) is 18.8. The molecule has 0 saturated heterocycles. The molecule has 12 nitrogen and oxygen atoms in total. The second kappa shape index (κ2) is 12.4. The summed E-state index contributed by atoms with van der Waals surface area (Å²) < 4.78 is 53.4. The van der Waals surface area contributed by atoms with Crippen LogP contribution in [0.15, 0.2) is 43.0 Å². The van der Waals surface area contributed by atoms with Crippen LogP contribution in [0.2, 0.25) is 25.7 Å². The van der Waals surface area contributed by atoms with Gasteiger partial charge in [0.25, 0.3) is 0 Å². The van der Waals surface area contributed by atoms with Crippen molar-refractivity contribution in [2.75, 3.05) is 30.0 Å². The first-order chi connectivity index (χ1) is 20.8. The highest BCUT2D eigenvalue weighted by molar-refractivity contribution is 6.76. The predicted molar refractivity (Wildman–Crippen MR) is 164 cm³/mol. The number of rotatable bonds is 10. The Kier molecular flexibility index (Phi) is 8.79. The number of halogens is 2. The van der Waals surface area contributed by atoms with Crippen molar-refractivity contribution in [2.24, 2.45) is 0 Å². The Balaban J connectivity index is 1.59. The van der Waals surface area contributed by atoms with Gasteiger partial charge in [-0.3, -0.25) is 4.90 Å². The van der Waals surface area contributed by atoms with Crippen molar-refractivity contribution in [3.8, 4) is 22.8 Å². The molecule has 0 spiro atoms. The first-order valence-corrected chi connectivity index (χ1v) is 18.0. The summed E-state index contributed by atoms with van der Waals surface area (Å²) in [5, 5.41) is 12.1. The summed E-state index contributed by atoms with van der Waals surface area (Å²) in [5.41, 5.74) is 1.77. The molecule has 1 aliphatic heterocycles. The summed E-state index contributed by atoms with van der Waals surface area (Å²) in [6, 6.07) is 5.63. The lowest BCUT2D eigenvalue weighted by molar-refractivity contribution is -0.0495. The molecule has 5 rings (SSSR count). The van der Waals surface area contributed by atoms with E-state index in [0.29, 0.717) is 35.1 Å². The van der Waals surface area contributed by atoms with Crippen molar-refractivity contribution < 1.29 is 32.5 Å². The molecular weight excluding hydrogens is 592 g/mol. The zero-order chi connectivity index (χ0) is 31.6. The standard InChI is InChI=1S/C29H37F2N7O5Si/c1-29(2,3)43-28(39)36-10-11-41-24-14-19(23(15-22(24)36)42-27(30)31)25-20(16-34-38(25)18-40-12-13-44(4,5)6)35-21-17-33-37-9-7-8-32-26(21)37/h7-9,14-17,27,35H,10-13,18H2,1-6H3. The number of benzene rings is 1. The third kappa shape index (κ3) is 7.27. The van der Waals surface area contributed by atoms with Crippen LogP contribution in [-0.4, -0.2) is 70.5 Å². The van der Waals surface area contributed by atoms with Crippen molar-refractivity contribution in [1.29, 1.82) is 0 Å². The normalized spacial score (nSPS) is 13.6. The van der Waals surface area contributed by atoms with Crippen molar-refractivity contribution in [3.63, 3.8) is 0 Å². The van der Waals surface area contributed by atoms with Gasteiger partial charge >= 0.3 is 12.7 Å². The molecule has 0 aliphatic carbocycles. The van der Waals surface area contributed by atoms with Crippen molar-refractivity contribution in [3.05, 3.63) is 43.0 Å². The van der Waals surface area contributed by atoms with E-state index in [2.05, 4.69) is 40.1 Å². The van der Waals surface area contributed by atoms with Gasteiger partial charge in [0, 0.05) is 38.7 Å². The number of carbonyl (C=O) groups excluding carboxylic acids is 1. The number of hydrogen-bond donors (Lipinski definition) is 1. The smallest absolute Gasteiger partial charge is 0.415 e. The van der Waals surface area contributed by atoms with Gasteiger partial charge < -0.3 is 24.3 Å². The van der Waals surface area contributed by atoms with E-state index in [1.807, 2.05) is 0 Å². The summed E-state index contributed by atoms with van der Waals surface area (Å²) in [7, 11) is -1.36. The fourth-order valence-corrected chi connectivity index (χ4v) is 5.33. The maximum atomic E-state index is 13.9. The number of nitrogens with zero attached hydrogens (tertiary/aromatic N) is 6. The van der Waals surface area contributed by atoms with E-state index in [1.165, 1.54) is 11.0 Å². The fourth-order valence-electron chi connectivity index (χ4n) is 4.58. The Bertz CT molecular complexity index is 1630. The Morgan fingerprint density at radius 3 is 2.66 bits per heavy atom. The lowest BCUT2D eigenvalue weighted by atomic mass is 10.1. The minimum Gasteiger partial charge on any atom is -0.490 e. The van der Waals surface area contributed by atoms with Gasteiger partial charge in [-0.15, -0.1) is 0 Å². The van der Waals surface area contributed by atoms with Gasteiger partial charge in [0.15, 0.2) is 5.65 Å². The molecule has 4 aromatic rings. The summed E-state index contributed by atoms with van der Waals surface area (Å²) >= 11 is 0. The maximum absolute atomic E-state index is 13.9. The SMILES string of the molecule is CC(C)(C)OC(=O)N1CCOc2cc(-c3c(Nc4cnn5cccnc45)cnn3COCC[Si](C)(C)C)c(OC(F)F)cc21. The highest BCUT2D eigenvalue weighted by atomic mass is 28.3. The number of carbonyl (C=O) groups is 1. The summed E-state index contributed by atoms with van der Waals surface area (Å²) in [6.45, 7) is 9.81. The van der Waals surface area contributed by atoms with Crippen molar-refractivity contribution in [1.82, 2.24) is 24.4 Å². The fraction of sp³-hybridized carbons (Fsp3) is 0.448. The van der Waals surface area contributed by atoms with E-state index in [1.54, 1.807) is 66.9 Å². The Hall–Kier alpha value is -4.24. The number of ether oxygens (including phenoxy) is 4. The third-order valence-electron chi connectivity index (χ3n) is 6.61. The summed E-state index contributed by atoms with van der Waals surface area (Å²) in [6.07, 6.45) is 5.96. The van der Waals surface area contributed by atoms with Crippen LogP contribution >= 0.6 is 0 Å².